The van der Waals surface area contributed by atoms with Crippen molar-refractivity contribution in [3.05, 3.63) is 58.7 Å². The summed E-state index contributed by atoms with van der Waals surface area (Å²) < 4.78 is 19.0. The molecule has 2 aromatic rings. The Bertz CT molecular complexity index is 962. The molecule has 0 amide bonds. The van der Waals surface area contributed by atoms with Crippen LogP contribution in [-0.2, 0) is 11.4 Å². The van der Waals surface area contributed by atoms with Crippen LogP contribution in [0.2, 0.25) is 0 Å². The van der Waals surface area contributed by atoms with E-state index in [1.54, 1.807) is 30.3 Å². The van der Waals surface area contributed by atoms with Gasteiger partial charge in [-0.1, -0.05) is 44.0 Å². The number of anilines is 1. The highest BCUT2D eigenvalue weighted by molar-refractivity contribution is 6.04. The lowest BCUT2D eigenvalue weighted by atomic mass is 9.96. The van der Waals surface area contributed by atoms with Gasteiger partial charge in [-0.2, -0.15) is 0 Å². The average molecular weight is 425 g/mol. The molecule has 3 N–H and O–H groups in total. The summed E-state index contributed by atoms with van der Waals surface area (Å²) in [6.07, 6.45) is 5.33. The molecule has 0 bridgehead atoms. The number of carboxylic acid groups (broad SMARTS) is 1. The molecule has 1 atom stereocenters. The first-order chi connectivity index (χ1) is 14.8. The lowest BCUT2D eigenvalue weighted by molar-refractivity contribution is -0.137. The number of carbonyl (C=O) groups is 1. The van der Waals surface area contributed by atoms with Gasteiger partial charge in [0.25, 0.3) is 0 Å². The molecule has 0 aliphatic rings. The molecule has 0 aliphatic carbocycles. The first kappa shape index (κ1) is 23.9. The topological polar surface area (TPSA) is 82.4 Å². The highest BCUT2D eigenvalue weighted by atomic mass is 19.1. The standard InChI is InChI=1S/C25H29FN2O3/c1-5-18(12-24(29)30)19-6-9-21(10-7-19)31-15-20-8-11-22(23(27)13-26)25(17(20)4)28-14-16(2)3/h1,6-11,16,18,27-28H,12-15H2,2-4H3,(H,29,30)/t18-/m0/s1. The second-order valence-corrected chi connectivity index (χ2v) is 7.83. The van der Waals surface area contributed by atoms with Crippen molar-refractivity contribution in [2.24, 2.45) is 5.92 Å². The van der Waals surface area contributed by atoms with Gasteiger partial charge in [0, 0.05) is 17.8 Å². The van der Waals surface area contributed by atoms with Crippen molar-refractivity contribution in [1.29, 1.82) is 5.41 Å². The molecule has 0 aromatic heterocycles. The largest absolute Gasteiger partial charge is 0.489 e. The summed E-state index contributed by atoms with van der Waals surface area (Å²) in [7, 11) is 0. The molecule has 5 nitrogen and oxygen atoms in total. The third-order valence-corrected chi connectivity index (χ3v) is 4.98. The molecule has 0 spiro atoms. The minimum absolute atomic E-state index is 0.0539. The van der Waals surface area contributed by atoms with Crippen LogP contribution < -0.4 is 10.1 Å². The van der Waals surface area contributed by atoms with E-state index in [2.05, 4.69) is 25.1 Å². The molecule has 6 heteroatoms. The molecule has 0 radical (unpaired) electrons. The Balaban J connectivity index is 2.17. The van der Waals surface area contributed by atoms with E-state index in [1.165, 1.54) is 0 Å². The number of halogens is 1. The van der Waals surface area contributed by atoms with Crippen LogP contribution in [0.25, 0.3) is 0 Å². The Morgan fingerprint density at radius 1 is 1.26 bits per heavy atom. The zero-order valence-corrected chi connectivity index (χ0v) is 18.2. The minimum Gasteiger partial charge on any atom is -0.489 e. The van der Waals surface area contributed by atoms with Crippen molar-refractivity contribution in [2.45, 2.75) is 39.7 Å². The van der Waals surface area contributed by atoms with Crippen LogP contribution in [0.15, 0.2) is 36.4 Å². The van der Waals surface area contributed by atoms with E-state index in [0.29, 0.717) is 30.4 Å². The molecule has 2 aromatic carbocycles. The summed E-state index contributed by atoms with van der Waals surface area (Å²) in [5.74, 6) is 2.11. The van der Waals surface area contributed by atoms with Crippen LogP contribution in [0.5, 0.6) is 5.75 Å². The van der Waals surface area contributed by atoms with Gasteiger partial charge in [-0.05, 0) is 41.7 Å². The molecule has 164 valence electrons. The molecule has 31 heavy (non-hydrogen) atoms. The number of terminal acetylenes is 1. The van der Waals surface area contributed by atoms with E-state index in [-0.39, 0.29) is 12.1 Å². The van der Waals surface area contributed by atoms with E-state index in [9.17, 15) is 9.18 Å². The average Bonchev–Trinajstić information content (AvgIpc) is 2.75. The smallest absolute Gasteiger partial charge is 0.304 e. The van der Waals surface area contributed by atoms with Gasteiger partial charge in [0.1, 0.15) is 19.0 Å². The number of nitrogens with one attached hydrogen (secondary N) is 2. The molecule has 0 saturated carbocycles. The first-order valence-corrected chi connectivity index (χ1v) is 10.2. The van der Waals surface area contributed by atoms with E-state index in [1.807, 2.05) is 13.0 Å². The Morgan fingerprint density at radius 2 is 1.94 bits per heavy atom. The SMILES string of the molecule is C#C[C@@H](CC(=O)O)c1ccc(OCc2ccc(C(=N)CF)c(NCC(C)C)c2C)cc1. The number of ether oxygens (including phenoxy) is 1. The number of benzene rings is 2. The third-order valence-electron chi connectivity index (χ3n) is 4.98. The molecular weight excluding hydrogens is 395 g/mol. The molecule has 0 fully saturated rings. The highest BCUT2D eigenvalue weighted by Crippen LogP contribution is 2.27. The van der Waals surface area contributed by atoms with Gasteiger partial charge in [-0.3, -0.25) is 4.79 Å². The van der Waals surface area contributed by atoms with E-state index < -0.39 is 18.6 Å². The van der Waals surface area contributed by atoms with Gasteiger partial charge in [0.2, 0.25) is 0 Å². The monoisotopic (exact) mass is 424 g/mol. The summed E-state index contributed by atoms with van der Waals surface area (Å²) in [6, 6.07) is 10.7. The van der Waals surface area contributed by atoms with Crippen LogP contribution >= 0.6 is 0 Å². The van der Waals surface area contributed by atoms with Crippen LogP contribution in [0.4, 0.5) is 10.1 Å². The molecule has 0 aliphatic heterocycles. The van der Waals surface area contributed by atoms with Gasteiger partial charge in [-0.15, -0.1) is 6.42 Å². The van der Waals surface area contributed by atoms with E-state index in [0.717, 1.165) is 22.4 Å². The minimum atomic E-state index is -0.940. The van der Waals surface area contributed by atoms with Gasteiger partial charge < -0.3 is 20.6 Å². The predicted molar refractivity (Wildman–Crippen MR) is 122 cm³/mol. The summed E-state index contributed by atoms with van der Waals surface area (Å²) >= 11 is 0. The fourth-order valence-electron chi connectivity index (χ4n) is 3.17. The Morgan fingerprint density at radius 3 is 2.48 bits per heavy atom. The van der Waals surface area contributed by atoms with Crippen molar-refractivity contribution < 1.29 is 19.0 Å². The van der Waals surface area contributed by atoms with Gasteiger partial charge >= 0.3 is 5.97 Å². The normalized spacial score (nSPS) is 11.6. The van der Waals surface area contributed by atoms with Crippen LogP contribution in [0, 0.1) is 30.6 Å². The van der Waals surface area contributed by atoms with Crippen molar-refractivity contribution in [3.8, 4) is 18.1 Å². The van der Waals surface area contributed by atoms with Crippen molar-refractivity contribution in [3.63, 3.8) is 0 Å². The number of aliphatic carboxylic acids is 1. The number of alkyl halides is 1. The Kier molecular flexibility index (Phi) is 8.63. The van der Waals surface area contributed by atoms with Crippen molar-refractivity contribution in [2.75, 3.05) is 18.5 Å². The lowest BCUT2D eigenvalue weighted by Gasteiger charge is -2.19. The maximum Gasteiger partial charge on any atom is 0.304 e. The van der Waals surface area contributed by atoms with Crippen LogP contribution in [0.1, 0.15) is 48.4 Å². The quantitative estimate of drug-likeness (QED) is 0.343. The fourth-order valence-corrected chi connectivity index (χ4v) is 3.17. The predicted octanol–water partition coefficient (Wildman–Crippen LogP) is 5.17. The summed E-state index contributed by atoms with van der Waals surface area (Å²) in [5.41, 5.74) is 3.87. The van der Waals surface area contributed by atoms with Crippen LogP contribution in [-0.4, -0.2) is 30.0 Å². The third kappa shape index (κ3) is 6.58. The number of rotatable bonds is 11. The van der Waals surface area contributed by atoms with E-state index in [4.69, 9.17) is 21.7 Å². The maximum atomic E-state index is 13.1. The Labute approximate surface area is 183 Å². The van der Waals surface area contributed by atoms with Crippen molar-refractivity contribution >= 4 is 17.4 Å². The summed E-state index contributed by atoms with van der Waals surface area (Å²) in [6.45, 7) is 6.30. The van der Waals surface area contributed by atoms with Crippen LogP contribution in [0.3, 0.4) is 0 Å². The molecule has 0 saturated heterocycles. The van der Waals surface area contributed by atoms with Gasteiger partial charge in [0.15, 0.2) is 0 Å². The van der Waals surface area contributed by atoms with Gasteiger partial charge in [-0.25, -0.2) is 4.39 Å². The zero-order valence-electron chi connectivity index (χ0n) is 18.2. The fraction of sp³-hybridized carbons (Fsp3) is 0.360. The molecule has 0 unspecified atom stereocenters. The lowest BCUT2D eigenvalue weighted by Crippen LogP contribution is -2.15. The maximum absolute atomic E-state index is 13.1. The second kappa shape index (κ2) is 11.2. The highest BCUT2D eigenvalue weighted by Gasteiger charge is 2.15. The molecule has 0 heterocycles. The number of hydrogen-bond donors (Lipinski definition) is 3. The second-order valence-electron chi connectivity index (χ2n) is 7.83. The van der Waals surface area contributed by atoms with Gasteiger partial charge in [0.05, 0.1) is 18.1 Å². The van der Waals surface area contributed by atoms with E-state index >= 15 is 0 Å². The zero-order chi connectivity index (χ0) is 23.0. The molecule has 2 rings (SSSR count). The molecular formula is C25H29FN2O3. The number of hydrogen-bond acceptors (Lipinski definition) is 4. The summed E-state index contributed by atoms with van der Waals surface area (Å²) in [5, 5.41) is 20.2. The summed E-state index contributed by atoms with van der Waals surface area (Å²) in [4.78, 5) is 10.9. The first-order valence-electron chi connectivity index (χ1n) is 10.2. The number of carboxylic acids is 1. The van der Waals surface area contributed by atoms with Crippen molar-refractivity contribution in [1.82, 2.24) is 0 Å². The Hall–Kier alpha value is -3.33.